The summed E-state index contributed by atoms with van der Waals surface area (Å²) in [5, 5.41) is 10.8. The van der Waals surface area contributed by atoms with Crippen LogP contribution < -0.4 is 0 Å². The Balaban J connectivity index is 2.04. The summed E-state index contributed by atoms with van der Waals surface area (Å²) in [6.45, 7) is -0.628. The zero-order valence-corrected chi connectivity index (χ0v) is 12.5. The number of aromatic nitrogens is 2. The maximum atomic E-state index is 13.2. The lowest BCUT2D eigenvalue weighted by Gasteiger charge is -2.10. The minimum atomic E-state index is -4.73. The van der Waals surface area contributed by atoms with E-state index in [0.717, 1.165) is 10.6 Å². The van der Waals surface area contributed by atoms with Crippen molar-refractivity contribution in [2.45, 2.75) is 12.7 Å². The average molecular weight is 349 g/mol. The topological polar surface area (TPSA) is 78.0 Å². The van der Waals surface area contributed by atoms with E-state index in [2.05, 4.69) is 4.98 Å². The second-order valence-corrected chi connectivity index (χ2v) is 5.24. The van der Waals surface area contributed by atoms with Crippen molar-refractivity contribution in [2.75, 3.05) is 0 Å². The van der Waals surface area contributed by atoms with Gasteiger partial charge in [0.15, 0.2) is 5.78 Å². The number of nitro benzene ring substituents is 1. The highest BCUT2D eigenvalue weighted by Crippen LogP contribution is 2.31. The Morgan fingerprint density at radius 2 is 1.88 bits per heavy atom. The number of ketones is 1. The predicted molar refractivity (Wildman–Crippen MR) is 82.2 cm³/mol. The number of hydrogen-bond donors (Lipinski definition) is 0. The van der Waals surface area contributed by atoms with E-state index in [1.54, 1.807) is 12.1 Å². The Labute approximate surface area is 138 Å². The molecule has 1 heterocycles. The van der Waals surface area contributed by atoms with E-state index in [4.69, 9.17) is 0 Å². The average Bonchev–Trinajstić information content (AvgIpc) is 2.94. The molecule has 0 amide bonds. The fraction of sp³-hybridized carbons (Fsp3) is 0.125. The molecule has 9 heteroatoms. The Morgan fingerprint density at radius 1 is 1.16 bits per heavy atom. The van der Waals surface area contributed by atoms with E-state index in [1.165, 1.54) is 30.3 Å². The number of benzene rings is 2. The highest BCUT2D eigenvalue weighted by Gasteiger charge is 2.38. The second kappa shape index (κ2) is 6.00. The summed E-state index contributed by atoms with van der Waals surface area (Å²) in [6.07, 6.45) is -4.73. The molecular formula is C16H10F3N3O3. The molecule has 6 nitrogen and oxygen atoms in total. The van der Waals surface area contributed by atoms with Crippen LogP contribution in [0.1, 0.15) is 16.2 Å². The van der Waals surface area contributed by atoms with Crippen LogP contribution in [0.4, 0.5) is 18.9 Å². The Hall–Kier alpha value is -3.23. The van der Waals surface area contributed by atoms with Crippen molar-refractivity contribution in [3.63, 3.8) is 0 Å². The third-order valence-corrected chi connectivity index (χ3v) is 3.59. The van der Waals surface area contributed by atoms with Crippen LogP contribution in [-0.4, -0.2) is 20.3 Å². The molecule has 3 rings (SSSR count). The number of nitro groups is 1. The number of imidazole rings is 1. The van der Waals surface area contributed by atoms with Gasteiger partial charge in [0.1, 0.15) is 0 Å². The third kappa shape index (κ3) is 3.21. The molecule has 25 heavy (non-hydrogen) atoms. The first-order valence-electron chi connectivity index (χ1n) is 7.07. The fourth-order valence-electron chi connectivity index (χ4n) is 2.48. The predicted octanol–water partition coefficient (Wildman–Crippen LogP) is 3.85. The van der Waals surface area contributed by atoms with Crippen LogP contribution in [0, 0.1) is 10.1 Å². The molecule has 0 fully saturated rings. The zero-order valence-electron chi connectivity index (χ0n) is 12.5. The van der Waals surface area contributed by atoms with Crippen LogP contribution in [0.15, 0.2) is 48.5 Å². The molecule has 2 aromatic carbocycles. The van der Waals surface area contributed by atoms with E-state index in [9.17, 15) is 28.1 Å². The van der Waals surface area contributed by atoms with Crippen LogP contribution in [0.25, 0.3) is 11.0 Å². The van der Waals surface area contributed by atoms with Gasteiger partial charge in [0.25, 0.3) is 5.69 Å². The summed E-state index contributed by atoms with van der Waals surface area (Å²) in [5.41, 5.74) is -0.0761. The fourth-order valence-corrected chi connectivity index (χ4v) is 2.48. The number of rotatable bonds is 4. The molecule has 0 aliphatic heterocycles. The number of non-ortho nitro benzene ring substituents is 1. The maximum Gasteiger partial charge on any atom is 0.449 e. The van der Waals surface area contributed by atoms with Gasteiger partial charge in [-0.3, -0.25) is 14.9 Å². The van der Waals surface area contributed by atoms with Gasteiger partial charge in [-0.05, 0) is 12.1 Å². The molecular weight excluding hydrogens is 339 g/mol. The molecule has 0 bridgehead atoms. The van der Waals surface area contributed by atoms with Crippen molar-refractivity contribution < 1.29 is 22.9 Å². The lowest BCUT2D eigenvalue weighted by atomic mass is 10.1. The summed E-state index contributed by atoms with van der Waals surface area (Å²) in [7, 11) is 0. The second-order valence-electron chi connectivity index (χ2n) is 5.24. The van der Waals surface area contributed by atoms with E-state index < -0.39 is 29.3 Å². The van der Waals surface area contributed by atoms with Gasteiger partial charge in [0.2, 0.25) is 5.82 Å². The summed E-state index contributed by atoms with van der Waals surface area (Å²) < 4.78 is 40.5. The van der Waals surface area contributed by atoms with Crippen molar-refractivity contribution in [1.82, 2.24) is 9.55 Å². The van der Waals surface area contributed by atoms with Crippen molar-refractivity contribution >= 4 is 22.5 Å². The van der Waals surface area contributed by atoms with Crippen LogP contribution in [-0.2, 0) is 12.7 Å². The number of carbonyl (C=O) groups is 1. The normalized spacial score (nSPS) is 11.6. The quantitative estimate of drug-likeness (QED) is 0.407. The number of fused-ring (bicyclic) bond motifs is 1. The lowest BCUT2D eigenvalue weighted by Crippen LogP contribution is -2.19. The van der Waals surface area contributed by atoms with Gasteiger partial charge < -0.3 is 4.57 Å². The van der Waals surface area contributed by atoms with Crippen LogP contribution in [0.5, 0.6) is 0 Å². The molecule has 0 N–H and O–H groups in total. The van der Waals surface area contributed by atoms with Gasteiger partial charge in [-0.25, -0.2) is 4.98 Å². The van der Waals surface area contributed by atoms with Crippen molar-refractivity contribution in [1.29, 1.82) is 0 Å². The van der Waals surface area contributed by atoms with Crippen LogP contribution in [0.3, 0.4) is 0 Å². The Bertz CT molecular complexity index is 979. The minimum Gasteiger partial charge on any atom is -0.312 e. The summed E-state index contributed by atoms with van der Waals surface area (Å²) in [6, 6.07) is 10.8. The van der Waals surface area contributed by atoms with Gasteiger partial charge in [-0.15, -0.1) is 0 Å². The molecule has 3 aromatic rings. The van der Waals surface area contributed by atoms with Gasteiger partial charge >= 0.3 is 6.18 Å². The first-order chi connectivity index (χ1) is 11.8. The number of halogens is 3. The largest absolute Gasteiger partial charge is 0.449 e. The van der Waals surface area contributed by atoms with Crippen LogP contribution >= 0.6 is 0 Å². The highest BCUT2D eigenvalue weighted by atomic mass is 19.4. The number of alkyl halides is 3. The summed E-state index contributed by atoms with van der Waals surface area (Å²) >= 11 is 0. The smallest absolute Gasteiger partial charge is 0.312 e. The molecule has 0 aliphatic carbocycles. The SMILES string of the molecule is O=C(Cn1c(C(F)(F)F)nc2ccccc21)c1cccc([N+](=O)[O-])c1. The summed E-state index contributed by atoms with van der Waals surface area (Å²) in [5.74, 6) is -1.87. The first-order valence-corrected chi connectivity index (χ1v) is 7.07. The number of hydrogen-bond acceptors (Lipinski definition) is 4. The van der Waals surface area contributed by atoms with Gasteiger partial charge in [-0.2, -0.15) is 13.2 Å². The number of nitrogens with zero attached hydrogens (tertiary/aromatic N) is 3. The van der Waals surface area contributed by atoms with Gasteiger partial charge in [-0.1, -0.05) is 24.3 Å². The molecule has 128 valence electrons. The molecule has 0 unspecified atom stereocenters. The molecule has 0 saturated carbocycles. The van der Waals surface area contributed by atoms with E-state index >= 15 is 0 Å². The molecule has 0 radical (unpaired) electrons. The van der Waals surface area contributed by atoms with Crippen molar-refractivity contribution in [2.24, 2.45) is 0 Å². The Kier molecular flexibility index (Phi) is 3.99. The Morgan fingerprint density at radius 3 is 2.56 bits per heavy atom. The zero-order chi connectivity index (χ0) is 18.2. The number of carbonyl (C=O) groups excluding carboxylic acids is 1. The first kappa shape index (κ1) is 16.6. The molecule has 1 aromatic heterocycles. The molecule has 0 atom stereocenters. The minimum absolute atomic E-state index is 0.0416. The lowest BCUT2D eigenvalue weighted by molar-refractivity contribution is -0.384. The standard InChI is InChI=1S/C16H10F3N3O3/c17-16(18,19)15-20-12-6-1-2-7-13(12)21(15)9-14(23)10-4-3-5-11(8-10)22(24)25/h1-8H,9H2. The number of Topliss-reactive ketones (excluding diaryl/α,β-unsaturated/α-hetero) is 1. The third-order valence-electron chi connectivity index (χ3n) is 3.59. The molecule has 0 spiro atoms. The molecule has 0 saturated heterocycles. The van der Waals surface area contributed by atoms with Gasteiger partial charge in [0.05, 0.1) is 22.5 Å². The van der Waals surface area contributed by atoms with Gasteiger partial charge in [0, 0.05) is 17.7 Å². The van der Waals surface area contributed by atoms with Crippen molar-refractivity contribution in [3.05, 3.63) is 70.0 Å². The van der Waals surface area contributed by atoms with E-state index in [1.807, 2.05) is 0 Å². The van der Waals surface area contributed by atoms with Crippen LogP contribution in [0.2, 0.25) is 0 Å². The van der Waals surface area contributed by atoms with E-state index in [0.29, 0.717) is 0 Å². The summed E-state index contributed by atoms with van der Waals surface area (Å²) in [4.78, 5) is 26.0. The highest BCUT2D eigenvalue weighted by molar-refractivity contribution is 5.97. The maximum absolute atomic E-state index is 13.2. The van der Waals surface area contributed by atoms with Crippen molar-refractivity contribution in [3.8, 4) is 0 Å². The molecule has 0 aliphatic rings. The monoisotopic (exact) mass is 349 g/mol. The van der Waals surface area contributed by atoms with E-state index in [-0.39, 0.29) is 22.3 Å². The number of para-hydroxylation sites is 2.